The average Bonchev–Trinajstić information content (AvgIpc) is 2.75. The van der Waals surface area contributed by atoms with Gasteiger partial charge in [0.05, 0.1) is 0 Å². The number of carbonyl (C=O) groups is 1. The van der Waals surface area contributed by atoms with Crippen LogP contribution in [0.2, 0.25) is 0 Å². The zero-order valence-electron chi connectivity index (χ0n) is 18.6. The van der Waals surface area contributed by atoms with Crippen molar-refractivity contribution < 1.29 is 4.79 Å². The molecule has 2 heterocycles. The van der Waals surface area contributed by atoms with Crippen molar-refractivity contribution in [3.05, 3.63) is 24.5 Å². The van der Waals surface area contributed by atoms with E-state index in [9.17, 15) is 4.79 Å². The lowest BCUT2D eigenvalue weighted by molar-refractivity contribution is -0.127. The molecule has 7 nitrogen and oxygen atoms in total. The molecule has 0 bridgehead atoms. The van der Waals surface area contributed by atoms with Crippen LogP contribution in [0.15, 0.2) is 29.5 Å². The number of carbonyl (C=O) groups excluding carboxylic acids is 1. The maximum Gasteiger partial charge on any atom is 0.243 e. The number of nitrogens with zero attached hydrogens (tertiary/aromatic N) is 5. The van der Waals surface area contributed by atoms with Crippen molar-refractivity contribution in [2.45, 2.75) is 39.0 Å². The summed E-state index contributed by atoms with van der Waals surface area (Å²) in [5.74, 6) is 1.59. The SMILES string of the molecule is CCCCNC(=NCC(=O)N(C)C)N(C)CCC1CCN(c2ccncc2)CC1. The van der Waals surface area contributed by atoms with Gasteiger partial charge in [-0.05, 0) is 43.7 Å². The number of piperidine rings is 1. The molecular weight excluding hydrogens is 364 g/mol. The van der Waals surface area contributed by atoms with Gasteiger partial charge in [-0.2, -0.15) is 0 Å². The number of nitrogens with one attached hydrogen (secondary N) is 1. The smallest absolute Gasteiger partial charge is 0.243 e. The van der Waals surface area contributed by atoms with Crippen molar-refractivity contribution in [1.29, 1.82) is 0 Å². The molecule has 1 saturated heterocycles. The normalized spacial score (nSPS) is 15.3. The van der Waals surface area contributed by atoms with Gasteiger partial charge in [-0.3, -0.25) is 9.78 Å². The standard InChI is InChI=1S/C22H38N6O/c1-5-6-12-24-22(25-18-21(29)26(2)3)27(4)15-9-19-10-16-28(17-11-19)20-7-13-23-14-8-20/h7-8,13-14,19H,5-6,9-12,15-18H2,1-4H3,(H,24,25). The first kappa shape index (κ1) is 23.0. The van der Waals surface area contributed by atoms with E-state index in [2.05, 4.69) is 51.2 Å². The quantitative estimate of drug-likeness (QED) is 0.390. The van der Waals surface area contributed by atoms with E-state index >= 15 is 0 Å². The molecule has 29 heavy (non-hydrogen) atoms. The molecule has 0 spiro atoms. The Balaban J connectivity index is 1.81. The Bertz CT molecular complexity index is 625. The highest BCUT2D eigenvalue weighted by atomic mass is 16.2. The summed E-state index contributed by atoms with van der Waals surface area (Å²) >= 11 is 0. The summed E-state index contributed by atoms with van der Waals surface area (Å²) < 4.78 is 0. The van der Waals surface area contributed by atoms with Crippen LogP contribution >= 0.6 is 0 Å². The Kier molecular flexibility index (Phi) is 9.74. The lowest BCUT2D eigenvalue weighted by atomic mass is 9.93. The molecule has 0 unspecified atom stereocenters. The fraction of sp³-hybridized carbons (Fsp3) is 0.682. The van der Waals surface area contributed by atoms with Crippen molar-refractivity contribution in [2.24, 2.45) is 10.9 Å². The van der Waals surface area contributed by atoms with Gasteiger partial charge in [-0.1, -0.05) is 13.3 Å². The largest absolute Gasteiger partial charge is 0.371 e. The fourth-order valence-corrected chi connectivity index (χ4v) is 3.49. The monoisotopic (exact) mass is 402 g/mol. The van der Waals surface area contributed by atoms with Crippen molar-refractivity contribution in [2.75, 3.05) is 58.8 Å². The van der Waals surface area contributed by atoms with Gasteiger partial charge >= 0.3 is 0 Å². The molecule has 2 rings (SSSR count). The van der Waals surface area contributed by atoms with Gasteiger partial charge in [0.1, 0.15) is 6.54 Å². The molecule has 0 saturated carbocycles. The molecule has 0 atom stereocenters. The fourth-order valence-electron chi connectivity index (χ4n) is 3.49. The third-order valence-electron chi connectivity index (χ3n) is 5.55. The van der Waals surface area contributed by atoms with Crippen LogP contribution in [-0.4, -0.2) is 80.5 Å². The van der Waals surface area contributed by atoms with Crippen LogP contribution in [0.4, 0.5) is 5.69 Å². The van der Waals surface area contributed by atoms with Gasteiger partial charge < -0.3 is 20.0 Å². The second kappa shape index (κ2) is 12.3. The molecule has 1 N–H and O–H groups in total. The van der Waals surface area contributed by atoms with Crippen LogP contribution in [-0.2, 0) is 4.79 Å². The van der Waals surface area contributed by atoms with E-state index in [4.69, 9.17) is 0 Å². The lowest BCUT2D eigenvalue weighted by Crippen LogP contribution is -2.42. The molecule has 0 aromatic carbocycles. The summed E-state index contributed by atoms with van der Waals surface area (Å²) in [7, 11) is 5.61. The van der Waals surface area contributed by atoms with Gasteiger partial charge in [0.15, 0.2) is 5.96 Å². The molecule has 1 aromatic rings. The molecule has 7 heteroatoms. The molecular formula is C22H38N6O. The zero-order valence-corrected chi connectivity index (χ0v) is 18.6. The van der Waals surface area contributed by atoms with Crippen LogP contribution < -0.4 is 10.2 Å². The Labute approximate surface area is 176 Å². The number of amides is 1. The number of rotatable bonds is 9. The van der Waals surface area contributed by atoms with E-state index < -0.39 is 0 Å². The Morgan fingerprint density at radius 3 is 2.55 bits per heavy atom. The summed E-state index contributed by atoms with van der Waals surface area (Å²) in [5.41, 5.74) is 1.27. The predicted molar refractivity (Wildman–Crippen MR) is 120 cm³/mol. The molecule has 162 valence electrons. The van der Waals surface area contributed by atoms with Crippen LogP contribution in [0.1, 0.15) is 39.0 Å². The molecule has 1 amide bonds. The maximum atomic E-state index is 11.9. The van der Waals surface area contributed by atoms with E-state index in [0.717, 1.165) is 57.3 Å². The number of hydrogen-bond acceptors (Lipinski definition) is 4. The van der Waals surface area contributed by atoms with Gasteiger partial charge in [-0.15, -0.1) is 0 Å². The Morgan fingerprint density at radius 1 is 1.24 bits per heavy atom. The van der Waals surface area contributed by atoms with Crippen molar-refractivity contribution in [3.8, 4) is 0 Å². The van der Waals surface area contributed by atoms with Crippen molar-refractivity contribution >= 4 is 17.6 Å². The topological polar surface area (TPSA) is 64.1 Å². The number of likely N-dealkylation sites (N-methyl/N-ethyl adjacent to an activating group) is 1. The highest BCUT2D eigenvalue weighted by molar-refractivity contribution is 5.84. The molecule has 1 fully saturated rings. The number of guanidine groups is 1. The second-order valence-electron chi connectivity index (χ2n) is 8.05. The van der Waals surface area contributed by atoms with Gasteiger partial charge in [0, 0.05) is 65.4 Å². The van der Waals surface area contributed by atoms with E-state index in [1.165, 1.54) is 18.5 Å². The van der Waals surface area contributed by atoms with Gasteiger partial charge in [-0.25, -0.2) is 4.99 Å². The Hall–Kier alpha value is -2.31. The highest BCUT2D eigenvalue weighted by Crippen LogP contribution is 2.24. The summed E-state index contributed by atoms with van der Waals surface area (Å²) in [5, 5.41) is 3.42. The van der Waals surface area contributed by atoms with Gasteiger partial charge in [0.2, 0.25) is 5.91 Å². The highest BCUT2D eigenvalue weighted by Gasteiger charge is 2.20. The first-order valence-corrected chi connectivity index (χ1v) is 10.9. The third-order valence-corrected chi connectivity index (χ3v) is 5.55. The van der Waals surface area contributed by atoms with E-state index in [1.807, 2.05) is 12.4 Å². The summed E-state index contributed by atoms with van der Waals surface area (Å²) in [6.07, 6.45) is 9.54. The average molecular weight is 403 g/mol. The molecule has 1 aliphatic heterocycles. The molecule has 0 radical (unpaired) electrons. The summed E-state index contributed by atoms with van der Waals surface area (Å²) in [6.45, 7) is 6.41. The van der Waals surface area contributed by atoms with Crippen molar-refractivity contribution in [3.63, 3.8) is 0 Å². The molecule has 1 aliphatic rings. The Morgan fingerprint density at radius 2 is 1.93 bits per heavy atom. The number of anilines is 1. The van der Waals surface area contributed by atoms with Crippen molar-refractivity contribution in [1.82, 2.24) is 20.1 Å². The zero-order chi connectivity index (χ0) is 21.1. The second-order valence-corrected chi connectivity index (χ2v) is 8.05. The van der Waals surface area contributed by atoms with E-state index in [1.54, 1.807) is 19.0 Å². The van der Waals surface area contributed by atoms with E-state index in [0.29, 0.717) is 0 Å². The minimum absolute atomic E-state index is 0.0247. The summed E-state index contributed by atoms with van der Waals surface area (Å²) in [6, 6.07) is 4.18. The third kappa shape index (κ3) is 7.91. The number of aromatic nitrogens is 1. The first-order valence-electron chi connectivity index (χ1n) is 10.9. The van der Waals surface area contributed by atoms with Crippen LogP contribution in [0.5, 0.6) is 0 Å². The van der Waals surface area contributed by atoms with Gasteiger partial charge in [0.25, 0.3) is 0 Å². The number of hydrogen-bond donors (Lipinski definition) is 1. The maximum absolute atomic E-state index is 11.9. The van der Waals surface area contributed by atoms with Crippen LogP contribution in [0.3, 0.4) is 0 Å². The number of unbranched alkanes of at least 4 members (excludes halogenated alkanes) is 1. The number of pyridine rings is 1. The minimum Gasteiger partial charge on any atom is -0.371 e. The molecule has 1 aromatic heterocycles. The van der Waals surface area contributed by atoms with Crippen LogP contribution in [0.25, 0.3) is 0 Å². The molecule has 0 aliphatic carbocycles. The lowest BCUT2D eigenvalue weighted by Gasteiger charge is -2.34. The van der Waals surface area contributed by atoms with E-state index in [-0.39, 0.29) is 12.5 Å². The first-order chi connectivity index (χ1) is 14.0. The van der Waals surface area contributed by atoms with Crippen LogP contribution in [0, 0.1) is 5.92 Å². The minimum atomic E-state index is 0.0247. The summed E-state index contributed by atoms with van der Waals surface area (Å²) in [4.78, 5) is 26.8. The predicted octanol–water partition coefficient (Wildman–Crippen LogP) is 2.45. The number of aliphatic imine (C=N–C) groups is 1.